The number of anilines is 1. The van der Waals surface area contributed by atoms with Crippen LogP contribution in [-0.4, -0.2) is 6.61 Å². The van der Waals surface area contributed by atoms with Crippen LogP contribution in [0.5, 0.6) is 5.75 Å². The molecule has 0 spiro atoms. The Bertz CT molecular complexity index is 497. The average Bonchev–Trinajstić information content (AvgIpc) is 2.86. The van der Waals surface area contributed by atoms with E-state index in [1.165, 1.54) is 12.1 Å². The van der Waals surface area contributed by atoms with Gasteiger partial charge >= 0.3 is 0 Å². The Morgan fingerprint density at radius 2 is 2.22 bits per heavy atom. The molecule has 96 valence electrons. The molecule has 0 fully saturated rings. The van der Waals surface area contributed by atoms with E-state index in [2.05, 4.69) is 5.32 Å². The first-order valence-corrected chi connectivity index (χ1v) is 5.91. The van der Waals surface area contributed by atoms with Gasteiger partial charge in [-0.1, -0.05) is 0 Å². The maximum Gasteiger partial charge on any atom is 0.145 e. The van der Waals surface area contributed by atoms with Crippen LogP contribution < -0.4 is 10.1 Å². The summed E-state index contributed by atoms with van der Waals surface area (Å²) in [5, 5.41) is 3.27. The maximum absolute atomic E-state index is 13.2. The van der Waals surface area contributed by atoms with Crippen molar-refractivity contribution in [1.29, 1.82) is 0 Å². The fourth-order valence-electron chi connectivity index (χ4n) is 1.73. The summed E-state index contributed by atoms with van der Waals surface area (Å²) in [6.07, 6.45) is 3.31. The number of furan rings is 1. The number of hydrogen-bond donors (Lipinski definition) is 1. The van der Waals surface area contributed by atoms with Crippen molar-refractivity contribution in [2.75, 3.05) is 11.9 Å². The zero-order valence-electron chi connectivity index (χ0n) is 10.4. The second-order valence-electron chi connectivity index (χ2n) is 4.00. The van der Waals surface area contributed by atoms with Gasteiger partial charge in [-0.2, -0.15) is 0 Å². The van der Waals surface area contributed by atoms with Gasteiger partial charge in [0, 0.05) is 11.6 Å². The molecule has 1 aromatic carbocycles. The molecule has 18 heavy (non-hydrogen) atoms. The second kappa shape index (κ2) is 5.58. The van der Waals surface area contributed by atoms with Gasteiger partial charge in [0.25, 0.3) is 0 Å². The minimum absolute atomic E-state index is 0.0633. The molecule has 0 saturated carbocycles. The van der Waals surface area contributed by atoms with Crippen LogP contribution >= 0.6 is 0 Å². The number of nitrogens with one attached hydrogen (secondary N) is 1. The second-order valence-corrected chi connectivity index (χ2v) is 4.00. The SMILES string of the molecule is CCOc1cc(F)ccc1NC(C)c1ccoc1. The van der Waals surface area contributed by atoms with Crippen molar-refractivity contribution in [3.05, 3.63) is 48.2 Å². The molecule has 1 aromatic heterocycles. The van der Waals surface area contributed by atoms with Gasteiger partial charge in [-0.25, -0.2) is 4.39 Å². The van der Waals surface area contributed by atoms with E-state index in [4.69, 9.17) is 9.15 Å². The number of hydrogen-bond acceptors (Lipinski definition) is 3. The summed E-state index contributed by atoms with van der Waals surface area (Å²) in [6, 6.07) is 6.42. The molecule has 0 radical (unpaired) electrons. The minimum Gasteiger partial charge on any atom is -0.492 e. The van der Waals surface area contributed by atoms with Crippen LogP contribution in [0.1, 0.15) is 25.5 Å². The first kappa shape index (κ1) is 12.5. The van der Waals surface area contributed by atoms with Crippen molar-refractivity contribution in [3.8, 4) is 5.75 Å². The zero-order valence-corrected chi connectivity index (χ0v) is 10.4. The summed E-state index contributed by atoms with van der Waals surface area (Å²) < 4.78 is 23.6. The quantitative estimate of drug-likeness (QED) is 0.870. The lowest BCUT2D eigenvalue weighted by molar-refractivity contribution is 0.339. The zero-order chi connectivity index (χ0) is 13.0. The number of benzene rings is 1. The molecule has 3 nitrogen and oxygen atoms in total. The molecule has 1 unspecified atom stereocenters. The van der Waals surface area contributed by atoms with Crippen molar-refractivity contribution >= 4 is 5.69 Å². The van der Waals surface area contributed by atoms with Crippen molar-refractivity contribution in [1.82, 2.24) is 0 Å². The van der Waals surface area contributed by atoms with Gasteiger partial charge in [0.15, 0.2) is 0 Å². The van der Waals surface area contributed by atoms with Gasteiger partial charge in [-0.05, 0) is 32.0 Å². The highest BCUT2D eigenvalue weighted by Gasteiger charge is 2.10. The Balaban J connectivity index is 2.17. The summed E-state index contributed by atoms with van der Waals surface area (Å²) in [7, 11) is 0. The van der Waals surface area contributed by atoms with E-state index in [1.54, 1.807) is 18.6 Å². The van der Waals surface area contributed by atoms with E-state index in [1.807, 2.05) is 19.9 Å². The number of halogens is 1. The van der Waals surface area contributed by atoms with Crippen LogP contribution in [0.3, 0.4) is 0 Å². The van der Waals surface area contributed by atoms with E-state index in [9.17, 15) is 4.39 Å². The van der Waals surface area contributed by atoms with Gasteiger partial charge in [-0.15, -0.1) is 0 Å². The van der Waals surface area contributed by atoms with Crippen molar-refractivity contribution in [2.24, 2.45) is 0 Å². The van der Waals surface area contributed by atoms with Gasteiger partial charge < -0.3 is 14.5 Å². The third kappa shape index (κ3) is 2.83. The van der Waals surface area contributed by atoms with Crippen molar-refractivity contribution < 1.29 is 13.5 Å². The lowest BCUT2D eigenvalue weighted by Crippen LogP contribution is -2.07. The maximum atomic E-state index is 13.2. The Morgan fingerprint density at radius 1 is 1.39 bits per heavy atom. The molecule has 0 amide bonds. The van der Waals surface area contributed by atoms with Crippen molar-refractivity contribution in [2.45, 2.75) is 19.9 Å². The molecule has 0 aliphatic heterocycles. The average molecular weight is 249 g/mol. The molecule has 4 heteroatoms. The van der Waals surface area contributed by atoms with E-state index in [0.29, 0.717) is 12.4 Å². The lowest BCUT2D eigenvalue weighted by Gasteiger charge is -2.17. The molecule has 2 aromatic rings. The molecule has 0 bridgehead atoms. The van der Waals surface area contributed by atoms with Crippen molar-refractivity contribution in [3.63, 3.8) is 0 Å². The van der Waals surface area contributed by atoms with Crippen LogP contribution in [0.25, 0.3) is 0 Å². The summed E-state index contributed by atoms with van der Waals surface area (Å²) in [6.45, 7) is 4.37. The molecule has 0 aliphatic carbocycles. The smallest absolute Gasteiger partial charge is 0.145 e. The number of ether oxygens (including phenoxy) is 1. The molecular weight excluding hydrogens is 233 g/mol. The summed E-state index contributed by atoms with van der Waals surface area (Å²) in [5.74, 6) is 0.216. The standard InChI is InChI=1S/C14H16FNO2/c1-3-18-14-8-12(15)4-5-13(14)16-10(2)11-6-7-17-9-11/h4-10,16H,3H2,1-2H3. The highest BCUT2D eigenvalue weighted by atomic mass is 19.1. The molecular formula is C14H16FNO2. The highest BCUT2D eigenvalue weighted by molar-refractivity contribution is 5.57. The Labute approximate surface area is 106 Å². The summed E-state index contributed by atoms with van der Waals surface area (Å²) in [4.78, 5) is 0. The normalized spacial score (nSPS) is 12.2. The Kier molecular flexibility index (Phi) is 3.87. The van der Waals surface area contributed by atoms with Crippen LogP contribution in [0.4, 0.5) is 10.1 Å². The number of rotatable bonds is 5. The molecule has 1 N–H and O–H groups in total. The Morgan fingerprint density at radius 3 is 2.89 bits per heavy atom. The van der Waals surface area contributed by atoms with E-state index in [-0.39, 0.29) is 11.9 Å². The Hall–Kier alpha value is -1.97. The fraction of sp³-hybridized carbons (Fsp3) is 0.286. The van der Waals surface area contributed by atoms with E-state index < -0.39 is 0 Å². The molecule has 1 heterocycles. The summed E-state index contributed by atoms with van der Waals surface area (Å²) in [5.41, 5.74) is 1.80. The van der Waals surface area contributed by atoms with Crippen LogP contribution in [0.2, 0.25) is 0 Å². The van der Waals surface area contributed by atoms with Gasteiger partial charge in [0.05, 0.1) is 30.9 Å². The monoisotopic (exact) mass is 249 g/mol. The van der Waals surface area contributed by atoms with Crippen LogP contribution in [-0.2, 0) is 0 Å². The van der Waals surface area contributed by atoms with Gasteiger partial charge in [0.2, 0.25) is 0 Å². The third-order valence-corrected chi connectivity index (χ3v) is 2.66. The van der Waals surface area contributed by atoms with Crippen LogP contribution in [0.15, 0.2) is 41.2 Å². The largest absolute Gasteiger partial charge is 0.492 e. The molecule has 0 saturated heterocycles. The predicted molar refractivity (Wildman–Crippen MR) is 68.3 cm³/mol. The molecule has 2 rings (SSSR count). The molecule has 1 atom stereocenters. The molecule has 0 aliphatic rings. The van der Waals surface area contributed by atoms with Crippen LogP contribution in [0, 0.1) is 5.82 Å². The highest BCUT2D eigenvalue weighted by Crippen LogP contribution is 2.29. The van der Waals surface area contributed by atoms with Gasteiger partial charge in [-0.3, -0.25) is 0 Å². The van der Waals surface area contributed by atoms with Gasteiger partial charge in [0.1, 0.15) is 11.6 Å². The first-order valence-electron chi connectivity index (χ1n) is 5.91. The fourth-order valence-corrected chi connectivity index (χ4v) is 1.73. The lowest BCUT2D eigenvalue weighted by atomic mass is 10.1. The first-order chi connectivity index (χ1) is 8.70. The van der Waals surface area contributed by atoms with E-state index in [0.717, 1.165) is 11.3 Å². The summed E-state index contributed by atoms with van der Waals surface area (Å²) >= 11 is 0. The topological polar surface area (TPSA) is 34.4 Å². The predicted octanol–water partition coefficient (Wildman–Crippen LogP) is 3.99. The third-order valence-electron chi connectivity index (χ3n) is 2.66. The minimum atomic E-state index is -0.306. The van der Waals surface area contributed by atoms with E-state index >= 15 is 0 Å².